The van der Waals surface area contributed by atoms with Gasteiger partial charge < -0.3 is 5.32 Å². The van der Waals surface area contributed by atoms with Gasteiger partial charge in [-0.2, -0.15) is 0 Å². The summed E-state index contributed by atoms with van der Waals surface area (Å²) in [5.74, 6) is 0.831. The molecule has 1 aliphatic rings. The van der Waals surface area contributed by atoms with Crippen LogP contribution in [0.25, 0.3) is 0 Å². The Hall–Kier alpha value is -0.410. The lowest BCUT2D eigenvalue weighted by Gasteiger charge is -2.18. The van der Waals surface area contributed by atoms with E-state index >= 15 is 0 Å². The van der Waals surface area contributed by atoms with Gasteiger partial charge in [-0.05, 0) is 32.1 Å². The summed E-state index contributed by atoms with van der Waals surface area (Å²) in [5, 5.41) is 4.98. The first-order valence-corrected chi connectivity index (χ1v) is 7.15. The average molecular weight is 238 g/mol. The van der Waals surface area contributed by atoms with Gasteiger partial charge in [-0.1, -0.05) is 20.8 Å². The molecule has 1 aliphatic carbocycles. The van der Waals surface area contributed by atoms with E-state index in [1.165, 1.54) is 28.4 Å². The highest BCUT2D eigenvalue weighted by molar-refractivity contribution is 7.11. The van der Waals surface area contributed by atoms with Crippen LogP contribution in [0.4, 0.5) is 0 Å². The van der Waals surface area contributed by atoms with Gasteiger partial charge in [0.1, 0.15) is 5.01 Å². The SMILES string of the molecule is CCc1nc(C(NC(C)C)C2CC2)sc1C. The zero-order chi connectivity index (χ0) is 11.7. The highest BCUT2D eigenvalue weighted by Gasteiger charge is 2.34. The molecule has 0 saturated heterocycles. The Balaban J connectivity index is 2.17. The quantitative estimate of drug-likeness (QED) is 0.849. The molecule has 0 amide bonds. The monoisotopic (exact) mass is 238 g/mol. The van der Waals surface area contributed by atoms with Gasteiger partial charge in [-0.15, -0.1) is 11.3 Å². The van der Waals surface area contributed by atoms with Gasteiger partial charge in [0.05, 0.1) is 11.7 Å². The minimum Gasteiger partial charge on any atom is -0.305 e. The lowest BCUT2D eigenvalue weighted by atomic mass is 10.1. The van der Waals surface area contributed by atoms with Gasteiger partial charge in [-0.3, -0.25) is 0 Å². The average Bonchev–Trinajstić information content (AvgIpc) is 2.98. The van der Waals surface area contributed by atoms with Gasteiger partial charge in [0.25, 0.3) is 0 Å². The summed E-state index contributed by atoms with van der Waals surface area (Å²) < 4.78 is 0. The van der Waals surface area contributed by atoms with Crippen molar-refractivity contribution in [3.8, 4) is 0 Å². The number of aromatic nitrogens is 1. The van der Waals surface area contributed by atoms with Crippen LogP contribution in [0.15, 0.2) is 0 Å². The van der Waals surface area contributed by atoms with Crippen LogP contribution >= 0.6 is 11.3 Å². The van der Waals surface area contributed by atoms with Crippen molar-refractivity contribution in [2.45, 2.75) is 59.0 Å². The van der Waals surface area contributed by atoms with Crippen LogP contribution in [-0.2, 0) is 6.42 Å². The molecule has 1 aromatic heterocycles. The second kappa shape index (κ2) is 4.84. The Kier molecular flexibility index (Phi) is 3.65. The molecule has 0 spiro atoms. The van der Waals surface area contributed by atoms with E-state index in [1.807, 2.05) is 11.3 Å². The topological polar surface area (TPSA) is 24.9 Å². The number of nitrogens with zero attached hydrogens (tertiary/aromatic N) is 1. The fourth-order valence-electron chi connectivity index (χ4n) is 2.11. The predicted octanol–water partition coefficient (Wildman–Crippen LogP) is 3.46. The zero-order valence-corrected chi connectivity index (χ0v) is 11.5. The highest BCUT2D eigenvalue weighted by atomic mass is 32.1. The van der Waals surface area contributed by atoms with Crippen LogP contribution in [0.1, 0.15) is 55.2 Å². The third-order valence-electron chi connectivity index (χ3n) is 3.12. The van der Waals surface area contributed by atoms with Crippen LogP contribution in [0.5, 0.6) is 0 Å². The first-order valence-electron chi connectivity index (χ1n) is 6.34. The molecule has 0 aliphatic heterocycles. The Bertz CT molecular complexity index is 353. The second-order valence-electron chi connectivity index (χ2n) is 5.05. The van der Waals surface area contributed by atoms with Crippen LogP contribution in [0.3, 0.4) is 0 Å². The molecule has 16 heavy (non-hydrogen) atoms. The Morgan fingerprint density at radius 2 is 2.12 bits per heavy atom. The molecule has 1 atom stereocenters. The smallest absolute Gasteiger partial charge is 0.110 e. The molecule has 1 aromatic rings. The molecule has 1 heterocycles. The third kappa shape index (κ3) is 2.64. The van der Waals surface area contributed by atoms with Crippen molar-refractivity contribution in [1.29, 1.82) is 0 Å². The van der Waals surface area contributed by atoms with Gasteiger partial charge >= 0.3 is 0 Å². The van der Waals surface area contributed by atoms with E-state index in [1.54, 1.807) is 0 Å². The molecule has 1 unspecified atom stereocenters. The van der Waals surface area contributed by atoms with E-state index in [9.17, 15) is 0 Å². The van der Waals surface area contributed by atoms with Crippen molar-refractivity contribution in [3.63, 3.8) is 0 Å². The van der Waals surface area contributed by atoms with E-state index < -0.39 is 0 Å². The van der Waals surface area contributed by atoms with Crippen molar-refractivity contribution >= 4 is 11.3 Å². The van der Waals surface area contributed by atoms with E-state index in [4.69, 9.17) is 4.98 Å². The van der Waals surface area contributed by atoms with Gasteiger partial charge in [0.2, 0.25) is 0 Å². The van der Waals surface area contributed by atoms with Gasteiger partial charge in [0, 0.05) is 10.9 Å². The Labute approximate surface area is 102 Å². The van der Waals surface area contributed by atoms with Crippen molar-refractivity contribution in [2.24, 2.45) is 5.92 Å². The molecule has 2 nitrogen and oxygen atoms in total. The van der Waals surface area contributed by atoms with Crippen molar-refractivity contribution < 1.29 is 0 Å². The molecule has 3 heteroatoms. The van der Waals surface area contributed by atoms with Crippen molar-refractivity contribution in [2.75, 3.05) is 0 Å². The maximum Gasteiger partial charge on any atom is 0.110 e. The summed E-state index contributed by atoms with van der Waals surface area (Å²) in [5.41, 5.74) is 1.29. The molecule has 2 rings (SSSR count). The number of nitrogens with one attached hydrogen (secondary N) is 1. The fraction of sp³-hybridized carbons (Fsp3) is 0.769. The van der Waals surface area contributed by atoms with Crippen LogP contribution in [0, 0.1) is 12.8 Å². The second-order valence-corrected chi connectivity index (χ2v) is 6.28. The Morgan fingerprint density at radius 3 is 2.56 bits per heavy atom. The van der Waals surface area contributed by atoms with E-state index in [-0.39, 0.29) is 0 Å². The number of hydrogen-bond donors (Lipinski definition) is 1. The number of rotatable bonds is 5. The number of aryl methyl sites for hydroxylation is 2. The lowest BCUT2D eigenvalue weighted by molar-refractivity contribution is 0.434. The molecular formula is C13H22N2S. The molecule has 90 valence electrons. The first-order chi connectivity index (χ1) is 7.61. The standard InChI is InChI=1S/C13H22N2S/c1-5-11-9(4)16-13(15-11)12(10-6-7-10)14-8(2)3/h8,10,12,14H,5-7H2,1-4H3. The molecule has 0 aromatic carbocycles. The van der Waals surface area contributed by atoms with Crippen molar-refractivity contribution in [3.05, 3.63) is 15.6 Å². The summed E-state index contributed by atoms with van der Waals surface area (Å²) in [4.78, 5) is 6.20. The molecule has 0 bridgehead atoms. The predicted molar refractivity (Wildman–Crippen MR) is 70.0 cm³/mol. The summed E-state index contributed by atoms with van der Waals surface area (Å²) in [6.45, 7) is 8.82. The van der Waals surface area contributed by atoms with Crippen LogP contribution < -0.4 is 5.32 Å². The fourth-order valence-corrected chi connectivity index (χ4v) is 3.27. The largest absolute Gasteiger partial charge is 0.305 e. The first kappa shape index (κ1) is 12.1. The maximum absolute atomic E-state index is 4.80. The van der Waals surface area contributed by atoms with E-state index in [0.29, 0.717) is 12.1 Å². The normalized spacial score (nSPS) is 18.1. The summed E-state index contributed by atoms with van der Waals surface area (Å²) in [7, 11) is 0. The van der Waals surface area contributed by atoms with Crippen LogP contribution in [0.2, 0.25) is 0 Å². The third-order valence-corrected chi connectivity index (χ3v) is 4.21. The minimum absolute atomic E-state index is 0.504. The molecule has 1 fully saturated rings. The van der Waals surface area contributed by atoms with Gasteiger partial charge in [0.15, 0.2) is 0 Å². The summed E-state index contributed by atoms with van der Waals surface area (Å²) in [6, 6.07) is 1.05. The maximum atomic E-state index is 4.80. The number of hydrogen-bond acceptors (Lipinski definition) is 3. The van der Waals surface area contributed by atoms with E-state index in [0.717, 1.165) is 12.3 Å². The van der Waals surface area contributed by atoms with E-state index in [2.05, 4.69) is 33.0 Å². The molecule has 1 N–H and O–H groups in total. The highest BCUT2D eigenvalue weighted by Crippen LogP contribution is 2.42. The molecule has 1 saturated carbocycles. The molecular weight excluding hydrogens is 216 g/mol. The zero-order valence-electron chi connectivity index (χ0n) is 10.7. The van der Waals surface area contributed by atoms with Crippen molar-refractivity contribution in [1.82, 2.24) is 10.3 Å². The van der Waals surface area contributed by atoms with Gasteiger partial charge in [-0.25, -0.2) is 4.98 Å². The molecule has 0 radical (unpaired) electrons. The minimum atomic E-state index is 0.504. The summed E-state index contributed by atoms with van der Waals surface area (Å²) in [6.07, 6.45) is 3.79. The van der Waals surface area contributed by atoms with Crippen LogP contribution in [-0.4, -0.2) is 11.0 Å². The number of thiazole rings is 1. The summed E-state index contributed by atoms with van der Waals surface area (Å²) >= 11 is 1.88. The lowest BCUT2D eigenvalue weighted by Crippen LogP contribution is -2.29. The Morgan fingerprint density at radius 1 is 1.44 bits per heavy atom.